The number of nitrogens with zero attached hydrogens (tertiary/aromatic N) is 6. The highest BCUT2D eigenvalue weighted by Crippen LogP contribution is 2.28. The fourth-order valence-electron chi connectivity index (χ4n) is 2.05. The summed E-state index contributed by atoms with van der Waals surface area (Å²) < 4.78 is 41.1. The molecule has 0 saturated heterocycles. The van der Waals surface area contributed by atoms with E-state index in [4.69, 9.17) is 0 Å². The van der Waals surface area contributed by atoms with Crippen LogP contribution in [0.25, 0.3) is 5.69 Å². The predicted octanol–water partition coefficient (Wildman–Crippen LogP) is 1.23. The van der Waals surface area contributed by atoms with E-state index in [0.29, 0.717) is 5.69 Å². The molecule has 3 rings (SSSR count). The van der Waals surface area contributed by atoms with Crippen molar-refractivity contribution in [2.45, 2.75) is 12.7 Å². The Morgan fingerprint density at radius 1 is 1.13 bits per heavy atom. The summed E-state index contributed by atoms with van der Waals surface area (Å²) in [6.07, 6.45) is -4.54. The maximum atomic E-state index is 12.6. The van der Waals surface area contributed by atoms with Crippen LogP contribution in [0.2, 0.25) is 0 Å². The van der Waals surface area contributed by atoms with Crippen LogP contribution >= 0.6 is 0 Å². The van der Waals surface area contributed by atoms with Gasteiger partial charge in [0.15, 0.2) is 5.69 Å². The highest BCUT2D eigenvalue weighted by Gasteiger charge is 2.34. The van der Waals surface area contributed by atoms with Gasteiger partial charge in [0.05, 0.1) is 17.9 Å². The van der Waals surface area contributed by atoms with Gasteiger partial charge in [0, 0.05) is 7.05 Å². The molecule has 120 valence electrons. The third-order valence-electron chi connectivity index (χ3n) is 3.22. The Bertz CT molecular complexity index is 877. The first kappa shape index (κ1) is 15.0. The highest BCUT2D eigenvalue weighted by atomic mass is 19.4. The van der Waals surface area contributed by atoms with Crippen LogP contribution in [0.3, 0.4) is 0 Å². The second kappa shape index (κ2) is 5.38. The summed E-state index contributed by atoms with van der Waals surface area (Å²) in [5, 5.41) is 10.8. The fourth-order valence-corrected chi connectivity index (χ4v) is 2.05. The predicted molar refractivity (Wildman–Crippen MR) is 72.9 cm³/mol. The standard InChI is InChI=1S/C13H11F3N6O/c1-20-10(7-11(17-20)13(14,15)16)8-21-12(23)22(19-18-21)9-5-3-2-4-6-9/h2-7H,8H2,1H3. The summed E-state index contributed by atoms with van der Waals surface area (Å²) in [6, 6.07) is 9.48. The first-order valence-electron chi connectivity index (χ1n) is 6.54. The molecule has 10 heteroatoms. The van der Waals surface area contributed by atoms with Gasteiger partial charge in [-0.1, -0.05) is 18.2 Å². The molecule has 0 saturated carbocycles. The van der Waals surface area contributed by atoms with Crippen molar-refractivity contribution in [3.05, 3.63) is 58.3 Å². The van der Waals surface area contributed by atoms with E-state index >= 15 is 0 Å². The molecule has 0 radical (unpaired) electrons. The summed E-state index contributed by atoms with van der Waals surface area (Å²) >= 11 is 0. The van der Waals surface area contributed by atoms with Crippen LogP contribution in [0.4, 0.5) is 13.2 Å². The minimum atomic E-state index is -4.54. The van der Waals surface area contributed by atoms with Gasteiger partial charge in [0.1, 0.15) is 0 Å². The Hall–Kier alpha value is -2.91. The van der Waals surface area contributed by atoms with Crippen molar-refractivity contribution in [1.82, 2.24) is 29.6 Å². The zero-order valence-corrected chi connectivity index (χ0v) is 11.9. The van der Waals surface area contributed by atoms with Gasteiger partial charge in [-0.15, -0.1) is 0 Å². The normalized spacial score (nSPS) is 11.8. The van der Waals surface area contributed by atoms with Gasteiger partial charge in [-0.2, -0.15) is 27.6 Å². The lowest BCUT2D eigenvalue weighted by Gasteiger charge is -1.99. The molecule has 7 nitrogen and oxygen atoms in total. The van der Waals surface area contributed by atoms with Crippen molar-refractivity contribution < 1.29 is 13.2 Å². The van der Waals surface area contributed by atoms with E-state index in [1.165, 1.54) is 7.05 Å². The molecule has 0 spiro atoms. The molecule has 0 bridgehead atoms. The number of aryl methyl sites for hydroxylation is 1. The minimum absolute atomic E-state index is 0.161. The number of halogens is 3. The van der Waals surface area contributed by atoms with Gasteiger partial charge in [-0.05, 0) is 28.6 Å². The molecular formula is C13H11F3N6O. The van der Waals surface area contributed by atoms with E-state index < -0.39 is 17.6 Å². The molecule has 0 aliphatic rings. The number of rotatable bonds is 3. The first-order valence-corrected chi connectivity index (χ1v) is 6.54. The molecule has 23 heavy (non-hydrogen) atoms. The third kappa shape index (κ3) is 2.87. The molecule has 3 aromatic rings. The molecule has 0 aliphatic heterocycles. The average Bonchev–Trinajstić information content (AvgIpc) is 3.05. The van der Waals surface area contributed by atoms with E-state index in [-0.39, 0.29) is 12.2 Å². The minimum Gasteiger partial charge on any atom is -0.270 e. The van der Waals surface area contributed by atoms with Crippen LogP contribution in [0.5, 0.6) is 0 Å². The molecule has 2 aromatic heterocycles. The number of tetrazole rings is 1. The fraction of sp³-hybridized carbons (Fsp3) is 0.231. The van der Waals surface area contributed by atoms with Crippen LogP contribution in [-0.2, 0) is 19.8 Å². The molecule has 0 fully saturated rings. The van der Waals surface area contributed by atoms with Gasteiger partial charge < -0.3 is 0 Å². The van der Waals surface area contributed by atoms with Crippen molar-refractivity contribution in [2.24, 2.45) is 7.05 Å². The highest BCUT2D eigenvalue weighted by molar-refractivity contribution is 5.28. The Kier molecular flexibility index (Phi) is 3.51. The topological polar surface area (TPSA) is 70.5 Å². The molecule has 0 unspecified atom stereocenters. The molecule has 2 heterocycles. The molecule has 0 N–H and O–H groups in total. The van der Waals surface area contributed by atoms with Crippen molar-refractivity contribution in [3.63, 3.8) is 0 Å². The average molecular weight is 324 g/mol. The lowest BCUT2D eigenvalue weighted by molar-refractivity contribution is -0.141. The lowest BCUT2D eigenvalue weighted by Crippen LogP contribution is -2.25. The van der Waals surface area contributed by atoms with Gasteiger partial charge in [0.25, 0.3) is 0 Å². The Balaban J connectivity index is 1.92. The molecule has 0 atom stereocenters. The summed E-state index contributed by atoms with van der Waals surface area (Å²) in [7, 11) is 1.37. The largest absolute Gasteiger partial charge is 0.435 e. The smallest absolute Gasteiger partial charge is 0.270 e. The van der Waals surface area contributed by atoms with Crippen LogP contribution in [0.1, 0.15) is 11.4 Å². The Labute approximate surface area is 127 Å². The summed E-state index contributed by atoms with van der Waals surface area (Å²) in [5.74, 6) is 0. The second-order valence-corrected chi connectivity index (χ2v) is 4.81. The Morgan fingerprint density at radius 3 is 2.43 bits per heavy atom. The molecule has 0 aliphatic carbocycles. The number of benzene rings is 1. The Morgan fingerprint density at radius 2 is 1.83 bits per heavy atom. The zero-order chi connectivity index (χ0) is 16.6. The number of aromatic nitrogens is 6. The van der Waals surface area contributed by atoms with Crippen molar-refractivity contribution in [2.75, 3.05) is 0 Å². The summed E-state index contributed by atoms with van der Waals surface area (Å²) in [5.41, 5.74) is -0.853. The SMILES string of the molecule is Cn1nc(C(F)(F)F)cc1Cn1nnn(-c2ccccc2)c1=O. The van der Waals surface area contributed by atoms with E-state index in [2.05, 4.69) is 15.5 Å². The van der Waals surface area contributed by atoms with Crippen molar-refractivity contribution >= 4 is 0 Å². The van der Waals surface area contributed by atoms with Crippen molar-refractivity contribution in [1.29, 1.82) is 0 Å². The summed E-state index contributed by atoms with van der Waals surface area (Å²) in [4.78, 5) is 12.2. The maximum Gasteiger partial charge on any atom is 0.435 e. The molecular weight excluding hydrogens is 313 g/mol. The van der Waals surface area contributed by atoms with Gasteiger partial charge >= 0.3 is 11.9 Å². The monoisotopic (exact) mass is 324 g/mol. The molecule has 0 amide bonds. The maximum absolute atomic E-state index is 12.6. The van der Waals surface area contributed by atoms with E-state index in [1.807, 2.05) is 0 Å². The van der Waals surface area contributed by atoms with E-state index in [1.54, 1.807) is 30.3 Å². The number of alkyl halides is 3. The van der Waals surface area contributed by atoms with Gasteiger partial charge in [0.2, 0.25) is 0 Å². The van der Waals surface area contributed by atoms with Crippen molar-refractivity contribution in [3.8, 4) is 5.69 Å². The van der Waals surface area contributed by atoms with Crippen LogP contribution < -0.4 is 5.69 Å². The first-order chi connectivity index (χ1) is 10.9. The number of para-hydroxylation sites is 1. The van der Waals surface area contributed by atoms with E-state index in [0.717, 1.165) is 20.1 Å². The number of hydrogen-bond donors (Lipinski definition) is 0. The third-order valence-corrected chi connectivity index (χ3v) is 3.22. The van der Waals surface area contributed by atoms with Crippen LogP contribution in [-0.4, -0.2) is 29.6 Å². The quantitative estimate of drug-likeness (QED) is 0.726. The second-order valence-electron chi connectivity index (χ2n) is 4.81. The molecule has 1 aromatic carbocycles. The van der Waals surface area contributed by atoms with Gasteiger partial charge in [-0.3, -0.25) is 4.68 Å². The van der Waals surface area contributed by atoms with Crippen LogP contribution in [0.15, 0.2) is 41.2 Å². The summed E-state index contributed by atoms with van der Waals surface area (Å²) in [6.45, 7) is -0.161. The number of hydrogen-bond acceptors (Lipinski definition) is 4. The zero-order valence-electron chi connectivity index (χ0n) is 11.9. The lowest BCUT2D eigenvalue weighted by atomic mass is 10.3. The van der Waals surface area contributed by atoms with Gasteiger partial charge in [-0.25, -0.2) is 4.79 Å². The van der Waals surface area contributed by atoms with Crippen LogP contribution in [0, 0.1) is 0 Å². The van der Waals surface area contributed by atoms with E-state index in [9.17, 15) is 18.0 Å².